The van der Waals surface area contributed by atoms with Crippen molar-refractivity contribution in [2.45, 2.75) is 18.8 Å². The van der Waals surface area contributed by atoms with Crippen molar-refractivity contribution in [3.8, 4) is 11.5 Å². The summed E-state index contributed by atoms with van der Waals surface area (Å²) in [6.45, 7) is 0. The Kier molecular flexibility index (Phi) is 1.92. The quantitative estimate of drug-likeness (QED) is 0.761. The van der Waals surface area contributed by atoms with Gasteiger partial charge in [0.05, 0.1) is 6.20 Å². The molecule has 0 bridgehead atoms. The molecule has 3 rings (SSSR count). The minimum atomic E-state index is -0.166. The van der Waals surface area contributed by atoms with E-state index in [4.69, 9.17) is 4.42 Å². The molecule has 0 saturated heterocycles. The monoisotopic (exact) mass is 217 g/mol. The summed E-state index contributed by atoms with van der Waals surface area (Å²) < 4.78 is 7.02. The predicted octanol–water partition coefficient (Wildman–Crippen LogP) is 1.31. The molecule has 0 radical (unpaired) electrons. The van der Waals surface area contributed by atoms with E-state index in [1.54, 1.807) is 25.6 Å². The molecule has 16 heavy (non-hydrogen) atoms. The van der Waals surface area contributed by atoms with Crippen molar-refractivity contribution >= 4 is 0 Å². The van der Waals surface area contributed by atoms with E-state index in [9.17, 15) is 4.79 Å². The van der Waals surface area contributed by atoms with Gasteiger partial charge in [0.25, 0.3) is 5.56 Å². The average molecular weight is 217 g/mol. The van der Waals surface area contributed by atoms with Gasteiger partial charge in [-0.05, 0) is 12.8 Å². The molecule has 1 saturated carbocycles. The van der Waals surface area contributed by atoms with E-state index in [0.717, 1.165) is 18.7 Å². The van der Waals surface area contributed by atoms with Crippen molar-refractivity contribution in [2.24, 2.45) is 7.05 Å². The summed E-state index contributed by atoms with van der Waals surface area (Å²) in [6, 6.07) is 0. The van der Waals surface area contributed by atoms with E-state index in [-0.39, 0.29) is 5.56 Å². The molecule has 82 valence electrons. The second kappa shape index (κ2) is 3.30. The van der Waals surface area contributed by atoms with Crippen LogP contribution in [-0.2, 0) is 7.05 Å². The SMILES string of the molecule is Cn1ccnc(-c2cnc(C3CC3)o2)c1=O. The van der Waals surface area contributed by atoms with Gasteiger partial charge >= 0.3 is 0 Å². The Hall–Kier alpha value is -1.91. The van der Waals surface area contributed by atoms with Crippen LogP contribution in [0.15, 0.2) is 27.8 Å². The van der Waals surface area contributed by atoms with Crippen LogP contribution in [0.2, 0.25) is 0 Å². The number of aromatic nitrogens is 3. The van der Waals surface area contributed by atoms with Crippen LogP contribution in [0.1, 0.15) is 24.7 Å². The van der Waals surface area contributed by atoms with Crippen LogP contribution in [0, 0.1) is 0 Å². The highest BCUT2D eigenvalue weighted by Crippen LogP contribution is 2.40. The molecular formula is C11H11N3O2. The zero-order valence-electron chi connectivity index (χ0n) is 8.88. The standard InChI is InChI=1S/C11H11N3O2/c1-14-5-4-12-9(11(14)15)8-6-13-10(16-8)7-2-3-7/h4-7H,2-3H2,1H3. The molecule has 5 nitrogen and oxygen atoms in total. The Morgan fingerprint density at radius 1 is 1.44 bits per heavy atom. The van der Waals surface area contributed by atoms with Gasteiger partial charge in [-0.3, -0.25) is 4.79 Å². The van der Waals surface area contributed by atoms with Crippen LogP contribution < -0.4 is 5.56 Å². The third-order valence-electron chi connectivity index (χ3n) is 2.70. The third-order valence-corrected chi connectivity index (χ3v) is 2.70. The maximum atomic E-state index is 11.8. The highest BCUT2D eigenvalue weighted by Gasteiger charge is 2.29. The number of aryl methyl sites for hydroxylation is 1. The van der Waals surface area contributed by atoms with Crippen molar-refractivity contribution in [3.63, 3.8) is 0 Å². The van der Waals surface area contributed by atoms with Gasteiger partial charge < -0.3 is 8.98 Å². The number of oxazole rings is 1. The topological polar surface area (TPSA) is 60.9 Å². The molecule has 1 aliphatic carbocycles. The second-order valence-electron chi connectivity index (χ2n) is 4.03. The zero-order valence-corrected chi connectivity index (χ0v) is 8.88. The fraction of sp³-hybridized carbons (Fsp3) is 0.364. The zero-order chi connectivity index (χ0) is 11.1. The molecule has 0 aliphatic heterocycles. The Balaban J connectivity index is 2.07. The van der Waals surface area contributed by atoms with Crippen LogP contribution >= 0.6 is 0 Å². The lowest BCUT2D eigenvalue weighted by molar-refractivity contribution is 0.506. The van der Waals surface area contributed by atoms with E-state index >= 15 is 0 Å². The van der Waals surface area contributed by atoms with Crippen LogP contribution in [-0.4, -0.2) is 14.5 Å². The summed E-state index contributed by atoms with van der Waals surface area (Å²) in [6.07, 6.45) is 7.03. The normalized spacial score (nSPS) is 15.3. The molecule has 2 aromatic rings. The largest absolute Gasteiger partial charge is 0.439 e. The minimum Gasteiger partial charge on any atom is -0.439 e. The molecule has 0 N–H and O–H groups in total. The first kappa shape index (κ1) is 9.33. The average Bonchev–Trinajstić information content (AvgIpc) is 3.02. The van der Waals surface area contributed by atoms with Crippen molar-refractivity contribution in [1.29, 1.82) is 0 Å². The van der Waals surface area contributed by atoms with Crippen LogP contribution in [0.25, 0.3) is 11.5 Å². The Morgan fingerprint density at radius 2 is 2.25 bits per heavy atom. The minimum absolute atomic E-state index is 0.166. The second-order valence-corrected chi connectivity index (χ2v) is 4.03. The summed E-state index contributed by atoms with van der Waals surface area (Å²) in [4.78, 5) is 20.0. The third kappa shape index (κ3) is 1.44. The molecule has 1 fully saturated rings. The fourth-order valence-electron chi connectivity index (χ4n) is 1.58. The van der Waals surface area contributed by atoms with Gasteiger partial charge in [-0.15, -0.1) is 0 Å². The molecule has 1 aliphatic rings. The lowest BCUT2D eigenvalue weighted by Crippen LogP contribution is -2.18. The summed E-state index contributed by atoms with van der Waals surface area (Å²) in [5, 5.41) is 0. The van der Waals surface area contributed by atoms with Crippen LogP contribution in [0.3, 0.4) is 0 Å². The maximum Gasteiger partial charge on any atom is 0.280 e. The first-order chi connectivity index (χ1) is 7.75. The van der Waals surface area contributed by atoms with Gasteiger partial charge in [-0.2, -0.15) is 0 Å². The predicted molar refractivity (Wildman–Crippen MR) is 57.0 cm³/mol. The van der Waals surface area contributed by atoms with Gasteiger partial charge in [0, 0.05) is 25.4 Å². The highest BCUT2D eigenvalue weighted by molar-refractivity contribution is 5.48. The van der Waals surface area contributed by atoms with Gasteiger partial charge in [0.15, 0.2) is 17.3 Å². The van der Waals surface area contributed by atoms with Gasteiger partial charge in [0.2, 0.25) is 0 Å². The van der Waals surface area contributed by atoms with Crippen LogP contribution in [0.4, 0.5) is 0 Å². The van der Waals surface area contributed by atoms with Gasteiger partial charge in [0.1, 0.15) is 0 Å². The highest BCUT2D eigenvalue weighted by atomic mass is 16.4. The maximum absolute atomic E-state index is 11.8. The number of hydrogen-bond acceptors (Lipinski definition) is 4. The van der Waals surface area contributed by atoms with E-state index in [2.05, 4.69) is 9.97 Å². The van der Waals surface area contributed by atoms with Crippen LogP contribution in [0.5, 0.6) is 0 Å². The molecule has 0 spiro atoms. The van der Waals surface area contributed by atoms with E-state index in [1.165, 1.54) is 4.57 Å². The molecule has 0 aromatic carbocycles. The van der Waals surface area contributed by atoms with Crippen molar-refractivity contribution in [2.75, 3.05) is 0 Å². The van der Waals surface area contributed by atoms with E-state index in [0.29, 0.717) is 17.4 Å². The lowest BCUT2D eigenvalue weighted by atomic mass is 10.3. The number of rotatable bonds is 2. The van der Waals surface area contributed by atoms with Crippen molar-refractivity contribution in [3.05, 3.63) is 34.8 Å². The lowest BCUT2D eigenvalue weighted by Gasteiger charge is -1.97. The van der Waals surface area contributed by atoms with Gasteiger partial charge in [-0.25, -0.2) is 9.97 Å². The summed E-state index contributed by atoms with van der Waals surface area (Å²) >= 11 is 0. The summed E-state index contributed by atoms with van der Waals surface area (Å²) in [7, 11) is 1.69. The molecule has 0 atom stereocenters. The Labute approximate surface area is 91.8 Å². The molecule has 0 unspecified atom stereocenters. The first-order valence-corrected chi connectivity index (χ1v) is 5.23. The van der Waals surface area contributed by atoms with E-state index < -0.39 is 0 Å². The molecule has 2 aromatic heterocycles. The first-order valence-electron chi connectivity index (χ1n) is 5.23. The Morgan fingerprint density at radius 3 is 3.00 bits per heavy atom. The van der Waals surface area contributed by atoms with Crippen molar-refractivity contribution < 1.29 is 4.42 Å². The Bertz CT molecular complexity index is 581. The van der Waals surface area contributed by atoms with Crippen molar-refractivity contribution in [1.82, 2.24) is 14.5 Å². The van der Waals surface area contributed by atoms with Gasteiger partial charge in [-0.1, -0.05) is 0 Å². The molecular weight excluding hydrogens is 206 g/mol. The van der Waals surface area contributed by atoms with E-state index in [1.807, 2.05) is 0 Å². The summed E-state index contributed by atoms with van der Waals surface area (Å²) in [5.41, 5.74) is 0.158. The molecule has 5 heteroatoms. The smallest absolute Gasteiger partial charge is 0.280 e. The number of hydrogen-bond donors (Lipinski definition) is 0. The molecule has 0 amide bonds. The number of nitrogens with zero attached hydrogens (tertiary/aromatic N) is 3. The fourth-order valence-corrected chi connectivity index (χ4v) is 1.58. The molecule has 2 heterocycles. The summed E-state index contributed by atoms with van der Waals surface area (Å²) in [5.74, 6) is 1.63.